The molecule has 0 saturated heterocycles. The van der Waals surface area contributed by atoms with Gasteiger partial charge in [0.15, 0.2) is 5.82 Å². The number of aromatic nitrogens is 2. The van der Waals surface area contributed by atoms with Crippen LogP contribution in [0, 0.1) is 0 Å². The van der Waals surface area contributed by atoms with E-state index in [1.54, 1.807) is 11.3 Å². The fourth-order valence-electron chi connectivity index (χ4n) is 2.94. The largest absolute Gasteiger partial charge is 0.338 e. The zero-order chi connectivity index (χ0) is 14.9. The standard InChI is InChI=1S/C15H16N4OS2.ClH/c16-8-14-17-13(18-20-14)9-19-5-3-11-10(4-7-22-11)15(19)12-2-1-6-21-12;/h1-2,4,6-7,15H,3,5,8-9,16H2;1H. The van der Waals surface area contributed by atoms with Gasteiger partial charge in [0, 0.05) is 16.3 Å². The Morgan fingerprint density at radius 3 is 2.96 bits per heavy atom. The third-order valence-electron chi connectivity index (χ3n) is 3.91. The molecule has 1 aliphatic rings. The molecule has 5 nitrogen and oxygen atoms in total. The van der Waals surface area contributed by atoms with Crippen molar-refractivity contribution in [3.8, 4) is 0 Å². The molecular weight excluding hydrogens is 352 g/mol. The summed E-state index contributed by atoms with van der Waals surface area (Å²) < 4.78 is 5.13. The lowest BCUT2D eigenvalue weighted by Crippen LogP contribution is -2.34. The van der Waals surface area contributed by atoms with Crippen LogP contribution in [0.2, 0.25) is 0 Å². The van der Waals surface area contributed by atoms with Crippen LogP contribution in [0.1, 0.15) is 33.1 Å². The van der Waals surface area contributed by atoms with E-state index in [-0.39, 0.29) is 25.0 Å². The minimum absolute atomic E-state index is 0. The van der Waals surface area contributed by atoms with Crippen molar-refractivity contribution in [2.75, 3.05) is 6.54 Å². The summed E-state index contributed by atoms with van der Waals surface area (Å²) in [5.41, 5.74) is 6.96. The molecule has 0 bridgehead atoms. The van der Waals surface area contributed by atoms with Gasteiger partial charge in [0.2, 0.25) is 5.89 Å². The minimum atomic E-state index is 0. The highest BCUT2D eigenvalue weighted by Crippen LogP contribution is 2.39. The monoisotopic (exact) mass is 368 g/mol. The van der Waals surface area contributed by atoms with E-state index in [2.05, 4.69) is 44.0 Å². The molecule has 3 aromatic heterocycles. The Balaban J connectivity index is 0.00000156. The fraction of sp³-hybridized carbons (Fsp3) is 0.333. The number of nitrogens with zero attached hydrogens (tertiary/aromatic N) is 3. The molecule has 0 spiro atoms. The molecule has 0 saturated carbocycles. The maximum Gasteiger partial charge on any atom is 0.240 e. The molecule has 1 atom stereocenters. The van der Waals surface area contributed by atoms with Gasteiger partial charge in [-0.05, 0) is 34.9 Å². The van der Waals surface area contributed by atoms with Crippen LogP contribution in [0.25, 0.3) is 0 Å². The average Bonchev–Trinajstić information content (AvgIpc) is 3.28. The zero-order valence-electron chi connectivity index (χ0n) is 12.3. The number of fused-ring (bicyclic) bond motifs is 1. The molecule has 0 aliphatic carbocycles. The first-order valence-electron chi connectivity index (χ1n) is 7.20. The Morgan fingerprint density at radius 2 is 2.22 bits per heavy atom. The van der Waals surface area contributed by atoms with Crippen molar-refractivity contribution < 1.29 is 4.52 Å². The number of hydrogen-bond acceptors (Lipinski definition) is 7. The molecule has 3 aromatic rings. The molecule has 2 N–H and O–H groups in total. The Hall–Kier alpha value is -1.25. The van der Waals surface area contributed by atoms with Crippen molar-refractivity contribution in [3.05, 3.63) is 56.0 Å². The van der Waals surface area contributed by atoms with Gasteiger partial charge < -0.3 is 10.3 Å². The number of rotatable bonds is 4. The number of nitrogens with two attached hydrogens (primary N) is 1. The zero-order valence-corrected chi connectivity index (χ0v) is 14.8. The summed E-state index contributed by atoms with van der Waals surface area (Å²) in [5, 5.41) is 8.36. The predicted molar refractivity (Wildman–Crippen MR) is 94.0 cm³/mol. The first-order chi connectivity index (χ1) is 10.8. The summed E-state index contributed by atoms with van der Waals surface area (Å²) in [6.07, 6.45) is 1.08. The third-order valence-corrected chi connectivity index (χ3v) is 5.83. The molecular formula is C15H17ClN4OS2. The summed E-state index contributed by atoms with van der Waals surface area (Å²) >= 11 is 3.65. The second kappa shape index (κ2) is 7.11. The minimum Gasteiger partial charge on any atom is -0.338 e. The third kappa shape index (κ3) is 3.20. The summed E-state index contributed by atoms with van der Waals surface area (Å²) in [4.78, 5) is 9.62. The van der Waals surface area contributed by atoms with Crippen molar-refractivity contribution in [2.24, 2.45) is 5.73 Å². The Bertz CT molecular complexity index is 755. The second-order valence-corrected chi connectivity index (χ2v) is 7.23. The molecule has 4 rings (SSSR count). The van der Waals surface area contributed by atoms with Gasteiger partial charge in [0.1, 0.15) is 0 Å². The predicted octanol–water partition coefficient (Wildman–Crippen LogP) is 3.22. The molecule has 1 unspecified atom stereocenters. The Labute approximate surface area is 148 Å². The summed E-state index contributed by atoms with van der Waals surface area (Å²) in [6, 6.07) is 6.85. The lowest BCUT2D eigenvalue weighted by molar-refractivity contribution is 0.201. The quantitative estimate of drug-likeness (QED) is 0.765. The van der Waals surface area contributed by atoms with Crippen LogP contribution >= 0.6 is 35.1 Å². The summed E-state index contributed by atoms with van der Waals surface area (Å²) in [6.45, 7) is 1.97. The lowest BCUT2D eigenvalue weighted by atomic mass is 9.98. The van der Waals surface area contributed by atoms with E-state index in [1.165, 1.54) is 15.3 Å². The topological polar surface area (TPSA) is 68.2 Å². The first kappa shape index (κ1) is 16.6. The lowest BCUT2D eigenvalue weighted by Gasteiger charge is -2.34. The Morgan fingerprint density at radius 1 is 1.30 bits per heavy atom. The SMILES string of the molecule is Cl.NCc1nc(CN2CCc3sccc3C2c2cccs2)no1. The first-order valence-corrected chi connectivity index (χ1v) is 8.96. The van der Waals surface area contributed by atoms with E-state index in [4.69, 9.17) is 10.3 Å². The van der Waals surface area contributed by atoms with Gasteiger partial charge in [-0.1, -0.05) is 11.2 Å². The summed E-state index contributed by atoms with van der Waals surface area (Å²) in [7, 11) is 0. The van der Waals surface area contributed by atoms with Crippen molar-refractivity contribution in [2.45, 2.75) is 25.6 Å². The highest BCUT2D eigenvalue weighted by atomic mass is 35.5. The molecule has 4 heterocycles. The van der Waals surface area contributed by atoms with Crippen molar-refractivity contribution in [3.63, 3.8) is 0 Å². The average molecular weight is 369 g/mol. The summed E-state index contributed by atoms with van der Waals surface area (Å²) in [5.74, 6) is 1.21. The molecule has 0 fully saturated rings. The number of hydrogen-bond donors (Lipinski definition) is 1. The van der Waals surface area contributed by atoms with Crippen LogP contribution in [0.3, 0.4) is 0 Å². The number of halogens is 1. The maximum absolute atomic E-state index is 5.54. The normalized spacial score (nSPS) is 17.7. The van der Waals surface area contributed by atoms with E-state index in [9.17, 15) is 0 Å². The van der Waals surface area contributed by atoms with Crippen LogP contribution in [0.15, 0.2) is 33.5 Å². The molecule has 8 heteroatoms. The van der Waals surface area contributed by atoms with Gasteiger partial charge in [0.05, 0.1) is 19.1 Å². The van der Waals surface area contributed by atoms with Crippen molar-refractivity contribution in [1.82, 2.24) is 15.0 Å². The van der Waals surface area contributed by atoms with E-state index in [0.29, 0.717) is 18.3 Å². The van der Waals surface area contributed by atoms with E-state index in [0.717, 1.165) is 13.0 Å². The van der Waals surface area contributed by atoms with Crippen LogP contribution in [-0.4, -0.2) is 21.6 Å². The highest BCUT2D eigenvalue weighted by molar-refractivity contribution is 7.10. The molecule has 0 radical (unpaired) electrons. The van der Waals surface area contributed by atoms with Crippen LogP contribution in [-0.2, 0) is 19.5 Å². The molecule has 0 amide bonds. The highest BCUT2D eigenvalue weighted by Gasteiger charge is 2.31. The number of thiophene rings is 2. The van der Waals surface area contributed by atoms with Gasteiger partial charge in [-0.25, -0.2) is 0 Å². The van der Waals surface area contributed by atoms with E-state index >= 15 is 0 Å². The smallest absolute Gasteiger partial charge is 0.240 e. The van der Waals surface area contributed by atoms with Gasteiger partial charge in [0.25, 0.3) is 0 Å². The van der Waals surface area contributed by atoms with Gasteiger partial charge >= 0.3 is 0 Å². The van der Waals surface area contributed by atoms with Gasteiger partial charge in [-0.3, -0.25) is 4.90 Å². The van der Waals surface area contributed by atoms with E-state index < -0.39 is 0 Å². The van der Waals surface area contributed by atoms with Gasteiger partial charge in [-0.15, -0.1) is 35.1 Å². The molecule has 1 aliphatic heterocycles. The Kier molecular flexibility index (Phi) is 5.13. The molecule has 122 valence electrons. The second-order valence-electron chi connectivity index (χ2n) is 5.25. The van der Waals surface area contributed by atoms with E-state index in [1.807, 2.05) is 11.3 Å². The fourth-order valence-corrected chi connectivity index (χ4v) is 4.72. The molecule has 0 aromatic carbocycles. The van der Waals surface area contributed by atoms with Crippen LogP contribution in [0.4, 0.5) is 0 Å². The van der Waals surface area contributed by atoms with Crippen molar-refractivity contribution in [1.29, 1.82) is 0 Å². The van der Waals surface area contributed by atoms with Crippen LogP contribution < -0.4 is 5.73 Å². The van der Waals surface area contributed by atoms with Gasteiger partial charge in [-0.2, -0.15) is 4.98 Å². The maximum atomic E-state index is 5.54. The van der Waals surface area contributed by atoms with Crippen molar-refractivity contribution >= 4 is 35.1 Å². The molecule has 23 heavy (non-hydrogen) atoms. The van der Waals surface area contributed by atoms with Crippen LogP contribution in [0.5, 0.6) is 0 Å².